The van der Waals surface area contributed by atoms with Crippen LogP contribution in [0.2, 0.25) is 0 Å². The number of nitrogens with zero attached hydrogens (tertiary/aromatic N) is 2. The minimum atomic E-state index is -3.76. The summed E-state index contributed by atoms with van der Waals surface area (Å²) in [6, 6.07) is 26.8. The van der Waals surface area contributed by atoms with Gasteiger partial charge in [-0.05, 0) is 67.1 Å². The van der Waals surface area contributed by atoms with Crippen molar-refractivity contribution in [2.45, 2.75) is 11.8 Å². The molecule has 0 spiro atoms. The number of pyridine rings is 1. The Bertz CT molecular complexity index is 1530. The molecule has 0 saturated heterocycles. The third-order valence-electron chi connectivity index (χ3n) is 5.20. The van der Waals surface area contributed by atoms with Crippen LogP contribution in [0.15, 0.2) is 108 Å². The lowest BCUT2D eigenvalue weighted by Crippen LogP contribution is -2.12. The van der Waals surface area contributed by atoms with E-state index in [-0.39, 0.29) is 4.90 Å². The van der Waals surface area contributed by atoms with Crippen LogP contribution in [0.5, 0.6) is 11.5 Å². The highest BCUT2D eigenvalue weighted by Gasteiger charge is 2.15. The number of hydrogen-bond donors (Lipinski definition) is 1. The number of benzene rings is 3. The Labute approximate surface area is 192 Å². The topological polar surface area (TPSA) is 72.7 Å². The van der Waals surface area contributed by atoms with E-state index in [9.17, 15) is 8.42 Å². The molecule has 5 rings (SSSR count). The van der Waals surface area contributed by atoms with Crippen molar-refractivity contribution in [2.75, 3.05) is 4.72 Å². The molecule has 2 heterocycles. The van der Waals surface area contributed by atoms with E-state index in [1.165, 1.54) is 12.1 Å². The Kier molecular flexibility index (Phi) is 5.32. The first-order valence-corrected chi connectivity index (χ1v) is 11.9. The molecule has 6 nitrogen and oxygen atoms in total. The van der Waals surface area contributed by atoms with Crippen molar-refractivity contribution in [3.05, 3.63) is 109 Å². The zero-order chi connectivity index (χ0) is 22.8. The number of para-hydroxylation sites is 1. The number of rotatable bonds is 6. The molecule has 3 aromatic carbocycles. The van der Waals surface area contributed by atoms with Crippen LogP contribution in [0.25, 0.3) is 16.9 Å². The molecule has 0 atom stereocenters. The number of aryl methyl sites for hydroxylation is 1. The average Bonchev–Trinajstić information content (AvgIpc) is 3.26. The molecule has 5 aromatic rings. The van der Waals surface area contributed by atoms with Gasteiger partial charge < -0.3 is 9.14 Å². The molecule has 1 N–H and O–H groups in total. The van der Waals surface area contributed by atoms with Gasteiger partial charge in [-0.25, -0.2) is 13.4 Å². The largest absolute Gasteiger partial charge is 0.457 e. The second-order valence-corrected chi connectivity index (χ2v) is 9.30. The number of hydrogen-bond acceptors (Lipinski definition) is 4. The minimum Gasteiger partial charge on any atom is -0.457 e. The average molecular weight is 456 g/mol. The van der Waals surface area contributed by atoms with Crippen LogP contribution in [0.1, 0.15) is 5.56 Å². The minimum absolute atomic E-state index is 0.150. The molecule has 33 heavy (non-hydrogen) atoms. The van der Waals surface area contributed by atoms with Crippen molar-refractivity contribution in [3.63, 3.8) is 0 Å². The highest BCUT2D eigenvalue weighted by Crippen LogP contribution is 2.26. The van der Waals surface area contributed by atoms with E-state index in [2.05, 4.69) is 4.72 Å². The van der Waals surface area contributed by atoms with Gasteiger partial charge in [0.1, 0.15) is 17.1 Å². The van der Waals surface area contributed by atoms with Crippen LogP contribution < -0.4 is 9.46 Å². The van der Waals surface area contributed by atoms with Gasteiger partial charge in [0.25, 0.3) is 10.0 Å². The highest BCUT2D eigenvalue weighted by atomic mass is 32.2. The van der Waals surface area contributed by atoms with Crippen molar-refractivity contribution in [3.8, 4) is 22.8 Å². The predicted octanol–water partition coefficient (Wildman–Crippen LogP) is 5.90. The number of anilines is 1. The standard InChI is InChI=1S/C26H21N3O3S/c1-19-7-6-16-29-18-25(27-26(19)29)20-8-5-9-21(17-20)28-33(30,31)24-14-12-23(13-15-24)32-22-10-3-2-4-11-22/h2-18,28H,1H3. The molecule has 7 heteroatoms. The summed E-state index contributed by atoms with van der Waals surface area (Å²) in [5.74, 6) is 1.24. The lowest BCUT2D eigenvalue weighted by Gasteiger charge is -2.10. The molecule has 0 fully saturated rings. The Morgan fingerprint density at radius 2 is 1.61 bits per heavy atom. The number of aromatic nitrogens is 2. The van der Waals surface area contributed by atoms with Gasteiger partial charge in [0.2, 0.25) is 0 Å². The smallest absolute Gasteiger partial charge is 0.261 e. The van der Waals surface area contributed by atoms with Crippen molar-refractivity contribution in [1.82, 2.24) is 9.38 Å². The molecule has 2 aromatic heterocycles. The van der Waals surface area contributed by atoms with Gasteiger partial charge in [0.15, 0.2) is 0 Å². The van der Waals surface area contributed by atoms with Crippen molar-refractivity contribution in [1.29, 1.82) is 0 Å². The van der Waals surface area contributed by atoms with E-state index in [1.54, 1.807) is 30.3 Å². The summed E-state index contributed by atoms with van der Waals surface area (Å²) in [6.07, 6.45) is 3.87. The molecule has 0 radical (unpaired) electrons. The third kappa shape index (κ3) is 4.44. The maximum atomic E-state index is 12.9. The van der Waals surface area contributed by atoms with Gasteiger partial charge in [0, 0.05) is 23.6 Å². The number of fused-ring (bicyclic) bond motifs is 1. The first kappa shape index (κ1) is 20.8. The first-order valence-electron chi connectivity index (χ1n) is 10.4. The third-order valence-corrected chi connectivity index (χ3v) is 6.60. The van der Waals surface area contributed by atoms with Gasteiger partial charge in [-0.3, -0.25) is 4.72 Å². The number of nitrogens with one attached hydrogen (secondary N) is 1. The lowest BCUT2D eigenvalue weighted by atomic mass is 10.1. The predicted molar refractivity (Wildman–Crippen MR) is 129 cm³/mol. The summed E-state index contributed by atoms with van der Waals surface area (Å²) in [5.41, 5.74) is 4.00. The van der Waals surface area contributed by atoms with Crippen LogP contribution >= 0.6 is 0 Å². The van der Waals surface area contributed by atoms with Crippen LogP contribution in [-0.2, 0) is 10.0 Å². The summed E-state index contributed by atoms with van der Waals surface area (Å²) in [4.78, 5) is 4.84. The fraction of sp³-hybridized carbons (Fsp3) is 0.0385. The van der Waals surface area contributed by atoms with Crippen LogP contribution in [-0.4, -0.2) is 17.8 Å². The van der Waals surface area contributed by atoms with Gasteiger partial charge >= 0.3 is 0 Å². The molecular formula is C26H21N3O3S. The Morgan fingerprint density at radius 3 is 2.36 bits per heavy atom. The Balaban J connectivity index is 1.36. The fourth-order valence-corrected chi connectivity index (χ4v) is 4.61. The van der Waals surface area contributed by atoms with E-state index in [4.69, 9.17) is 9.72 Å². The van der Waals surface area contributed by atoms with Crippen LogP contribution in [0, 0.1) is 6.92 Å². The second kappa shape index (κ2) is 8.44. The maximum absolute atomic E-state index is 12.9. The molecule has 0 saturated carbocycles. The van der Waals surface area contributed by atoms with Crippen molar-refractivity contribution < 1.29 is 13.2 Å². The zero-order valence-electron chi connectivity index (χ0n) is 17.8. The Hall–Kier alpha value is -4.10. The van der Waals surface area contributed by atoms with E-state index in [0.29, 0.717) is 17.2 Å². The van der Waals surface area contributed by atoms with Gasteiger partial charge in [-0.2, -0.15) is 0 Å². The molecule has 0 aliphatic carbocycles. The quantitative estimate of drug-likeness (QED) is 0.346. The summed E-state index contributed by atoms with van der Waals surface area (Å²) in [6.45, 7) is 2.01. The SMILES string of the molecule is Cc1cccn2cc(-c3cccc(NS(=O)(=O)c4ccc(Oc5ccccc5)cc4)c3)nc12. The van der Waals surface area contributed by atoms with Crippen molar-refractivity contribution in [2.24, 2.45) is 0 Å². The second-order valence-electron chi connectivity index (χ2n) is 7.62. The number of imidazole rings is 1. The molecular weight excluding hydrogens is 434 g/mol. The normalized spacial score (nSPS) is 11.4. The van der Waals surface area contributed by atoms with Gasteiger partial charge in [-0.15, -0.1) is 0 Å². The van der Waals surface area contributed by atoms with E-state index >= 15 is 0 Å². The molecule has 0 bridgehead atoms. The summed E-state index contributed by atoms with van der Waals surface area (Å²) >= 11 is 0. The Morgan fingerprint density at radius 1 is 0.848 bits per heavy atom. The number of sulfonamides is 1. The van der Waals surface area contributed by atoms with Crippen LogP contribution in [0.4, 0.5) is 5.69 Å². The first-order chi connectivity index (χ1) is 16.0. The lowest BCUT2D eigenvalue weighted by molar-refractivity contribution is 0.482. The summed E-state index contributed by atoms with van der Waals surface area (Å²) < 4.78 is 36.2. The van der Waals surface area contributed by atoms with Crippen molar-refractivity contribution >= 4 is 21.4 Å². The molecule has 164 valence electrons. The highest BCUT2D eigenvalue weighted by molar-refractivity contribution is 7.92. The monoisotopic (exact) mass is 455 g/mol. The zero-order valence-corrected chi connectivity index (χ0v) is 18.7. The summed E-state index contributed by atoms with van der Waals surface area (Å²) in [5, 5.41) is 0. The molecule has 0 unspecified atom stereocenters. The molecule has 0 aliphatic heterocycles. The van der Waals surface area contributed by atoms with E-state index in [1.807, 2.05) is 72.2 Å². The maximum Gasteiger partial charge on any atom is 0.261 e. The number of ether oxygens (including phenoxy) is 1. The summed E-state index contributed by atoms with van der Waals surface area (Å²) in [7, 11) is -3.76. The van der Waals surface area contributed by atoms with Gasteiger partial charge in [0.05, 0.1) is 10.6 Å². The van der Waals surface area contributed by atoms with Crippen LogP contribution in [0.3, 0.4) is 0 Å². The van der Waals surface area contributed by atoms with Gasteiger partial charge in [-0.1, -0.05) is 36.4 Å². The molecule has 0 amide bonds. The van der Waals surface area contributed by atoms with E-state index < -0.39 is 10.0 Å². The van der Waals surface area contributed by atoms with E-state index in [0.717, 1.165) is 22.5 Å². The fourth-order valence-electron chi connectivity index (χ4n) is 3.56. The molecule has 0 aliphatic rings.